The molecule has 1 amide bonds. The van der Waals surface area contributed by atoms with Crippen molar-refractivity contribution in [1.82, 2.24) is 20.1 Å². The van der Waals surface area contributed by atoms with E-state index in [0.717, 1.165) is 48.5 Å². The fourth-order valence-electron chi connectivity index (χ4n) is 3.43. The quantitative estimate of drug-likeness (QED) is 0.247. The van der Waals surface area contributed by atoms with Crippen LogP contribution in [0.4, 0.5) is 13.2 Å². The molecule has 0 saturated carbocycles. The molecule has 0 bridgehead atoms. The molecule has 1 N–H and O–H groups in total. The van der Waals surface area contributed by atoms with Crippen LogP contribution in [0.15, 0.2) is 59.8 Å². The highest BCUT2D eigenvalue weighted by atomic mass is 32.2. The second kappa shape index (κ2) is 13.3. The monoisotopic (exact) mass is 506 g/mol. The molecule has 0 unspecified atom stereocenters. The van der Waals surface area contributed by atoms with Crippen LogP contribution in [0.1, 0.15) is 42.6 Å². The number of ether oxygens (including phenoxy) is 1. The first-order valence-corrected chi connectivity index (χ1v) is 12.4. The van der Waals surface area contributed by atoms with Crippen molar-refractivity contribution in [3.8, 4) is 5.69 Å². The Bertz CT molecular complexity index is 1060. The Balaban J connectivity index is 1.60. The normalized spacial score (nSPS) is 11.5. The topological polar surface area (TPSA) is 69.0 Å². The average molecular weight is 507 g/mol. The zero-order chi connectivity index (χ0) is 25.1. The van der Waals surface area contributed by atoms with Gasteiger partial charge >= 0.3 is 6.18 Å². The fraction of sp³-hybridized carbons (Fsp3) is 0.400. The molecule has 35 heavy (non-hydrogen) atoms. The van der Waals surface area contributed by atoms with E-state index in [0.29, 0.717) is 36.9 Å². The number of rotatable bonds is 13. The van der Waals surface area contributed by atoms with E-state index in [9.17, 15) is 18.0 Å². The number of hydrogen-bond acceptors (Lipinski definition) is 5. The first kappa shape index (κ1) is 26.7. The first-order valence-electron chi connectivity index (χ1n) is 11.4. The van der Waals surface area contributed by atoms with Crippen molar-refractivity contribution in [3.63, 3.8) is 0 Å². The summed E-state index contributed by atoms with van der Waals surface area (Å²) in [5, 5.41) is 12.3. The van der Waals surface area contributed by atoms with E-state index < -0.39 is 11.7 Å². The van der Waals surface area contributed by atoms with Crippen LogP contribution in [-0.4, -0.2) is 40.9 Å². The molecule has 0 aliphatic heterocycles. The Morgan fingerprint density at radius 2 is 1.77 bits per heavy atom. The van der Waals surface area contributed by atoms with Gasteiger partial charge in [-0.2, -0.15) is 13.2 Å². The molecule has 1 heterocycles. The maximum Gasteiger partial charge on any atom is 0.416 e. The number of para-hydroxylation sites is 1. The Labute approximate surface area is 207 Å². The lowest BCUT2D eigenvalue weighted by Crippen LogP contribution is -2.24. The van der Waals surface area contributed by atoms with E-state index in [1.165, 1.54) is 23.9 Å². The van der Waals surface area contributed by atoms with Gasteiger partial charge in [0.2, 0.25) is 5.91 Å². The van der Waals surface area contributed by atoms with Crippen molar-refractivity contribution < 1.29 is 22.7 Å². The van der Waals surface area contributed by atoms with Crippen molar-refractivity contribution in [1.29, 1.82) is 0 Å². The molecule has 1 aromatic heterocycles. The van der Waals surface area contributed by atoms with E-state index in [1.54, 1.807) is 7.11 Å². The van der Waals surface area contributed by atoms with Crippen LogP contribution < -0.4 is 5.32 Å². The van der Waals surface area contributed by atoms with Crippen LogP contribution in [0.5, 0.6) is 0 Å². The zero-order valence-electron chi connectivity index (χ0n) is 19.6. The van der Waals surface area contributed by atoms with Gasteiger partial charge in [-0.15, -0.1) is 10.2 Å². The number of nitrogens with zero attached hydrogens (tertiary/aromatic N) is 3. The third-order valence-corrected chi connectivity index (χ3v) is 6.27. The predicted octanol–water partition coefficient (Wildman–Crippen LogP) is 5.44. The minimum atomic E-state index is -4.35. The summed E-state index contributed by atoms with van der Waals surface area (Å²) in [6.45, 7) is 1.23. The Kier molecular flexibility index (Phi) is 10.2. The van der Waals surface area contributed by atoms with E-state index in [4.69, 9.17) is 4.74 Å². The standard InChI is InChI=1S/C25H29F3N4O2S/c1-34-17-7-16-29-23(33)11-6-5-10-22-30-31-24(32(22)21-8-3-2-4-9-21)35-18-19-12-14-20(15-13-19)25(26,27)28/h2-4,8-9,12-15H,5-7,10-11,16-18H2,1H3,(H,29,33). The Morgan fingerprint density at radius 3 is 2.46 bits per heavy atom. The number of nitrogens with one attached hydrogen (secondary N) is 1. The lowest BCUT2D eigenvalue weighted by molar-refractivity contribution is -0.137. The van der Waals surface area contributed by atoms with E-state index in [1.807, 2.05) is 34.9 Å². The van der Waals surface area contributed by atoms with Gasteiger partial charge in [0.05, 0.1) is 5.56 Å². The number of hydrogen-bond donors (Lipinski definition) is 1. The highest BCUT2D eigenvalue weighted by Gasteiger charge is 2.29. The molecule has 0 aliphatic carbocycles. The van der Waals surface area contributed by atoms with E-state index in [2.05, 4.69) is 15.5 Å². The second-order valence-electron chi connectivity index (χ2n) is 7.96. The third kappa shape index (κ3) is 8.40. The molecule has 0 atom stereocenters. The van der Waals surface area contributed by atoms with Gasteiger partial charge < -0.3 is 10.1 Å². The number of benzene rings is 2. The number of aryl methyl sites for hydroxylation is 1. The Hall–Kier alpha value is -2.85. The maximum atomic E-state index is 12.8. The second-order valence-corrected chi connectivity index (χ2v) is 8.90. The zero-order valence-corrected chi connectivity index (χ0v) is 20.4. The molecule has 0 saturated heterocycles. The summed E-state index contributed by atoms with van der Waals surface area (Å²) in [4.78, 5) is 12.0. The number of methoxy groups -OCH3 is 1. The van der Waals surface area contributed by atoms with Crippen LogP contribution in [0.25, 0.3) is 5.69 Å². The van der Waals surface area contributed by atoms with Gasteiger partial charge in [0.25, 0.3) is 0 Å². The molecule has 0 fully saturated rings. The maximum absolute atomic E-state index is 12.8. The summed E-state index contributed by atoms with van der Waals surface area (Å²) in [6, 6.07) is 14.9. The fourth-order valence-corrected chi connectivity index (χ4v) is 4.36. The number of amides is 1. The summed E-state index contributed by atoms with van der Waals surface area (Å²) >= 11 is 1.42. The van der Waals surface area contributed by atoms with Crippen LogP contribution in [0, 0.1) is 0 Å². The minimum Gasteiger partial charge on any atom is -0.385 e. The molecule has 10 heteroatoms. The molecule has 2 aromatic carbocycles. The number of thioether (sulfide) groups is 1. The number of aromatic nitrogens is 3. The number of carbonyl (C=O) groups is 1. The van der Waals surface area contributed by atoms with Crippen molar-refractivity contribution in [2.24, 2.45) is 0 Å². The molecule has 3 rings (SSSR count). The van der Waals surface area contributed by atoms with E-state index >= 15 is 0 Å². The van der Waals surface area contributed by atoms with Crippen LogP contribution in [0.2, 0.25) is 0 Å². The number of carbonyl (C=O) groups excluding carboxylic acids is 1. The number of alkyl halides is 3. The van der Waals surface area contributed by atoms with Crippen LogP contribution in [-0.2, 0) is 27.9 Å². The Morgan fingerprint density at radius 1 is 1.03 bits per heavy atom. The molecule has 188 valence electrons. The summed E-state index contributed by atoms with van der Waals surface area (Å²) in [5.41, 5.74) is 1.02. The van der Waals surface area contributed by atoms with E-state index in [-0.39, 0.29) is 5.91 Å². The number of halogens is 3. The smallest absolute Gasteiger partial charge is 0.385 e. The molecular weight excluding hydrogens is 477 g/mol. The molecule has 0 radical (unpaired) electrons. The van der Waals surface area contributed by atoms with Crippen molar-refractivity contribution in [2.45, 2.75) is 49.2 Å². The van der Waals surface area contributed by atoms with Crippen LogP contribution in [0.3, 0.4) is 0 Å². The van der Waals surface area contributed by atoms with Gasteiger partial charge in [-0.3, -0.25) is 9.36 Å². The summed E-state index contributed by atoms with van der Waals surface area (Å²) in [7, 11) is 1.63. The molecule has 0 spiro atoms. The summed E-state index contributed by atoms with van der Waals surface area (Å²) in [6.07, 6.45) is -0.957. The largest absolute Gasteiger partial charge is 0.416 e. The lowest BCUT2D eigenvalue weighted by atomic mass is 10.1. The summed E-state index contributed by atoms with van der Waals surface area (Å²) < 4.78 is 45.4. The SMILES string of the molecule is COCCCNC(=O)CCCCc1nnc(SCc2ccc(C(F)(F)F)cc2)n1-c1ccccc1. The minimum absolute atomic E-state index is 0.0263. The van der Waals surface area contributed by atoms with Gasteiger partial charge in [-0.25, -0.2) is 0 Å². The molecule has 3 aromatic rings. The number of unbranched alkanes of at least 4 members (excludes halogenated alkanes) is 1. The van der Waals surface area contributed by atoms with Gasteiger partial charge in [-0.05, 0) is 49.1 Å². The third-order valence-electron chi connectivity index (χ3n) is 5.27. The van der Waals surface area contributed by atoms with Gasteiger partial charge in [0.1, 0.15) is 5.82 Å². The highest BCUT2D eigenvalue weighted by molar-refractivity contribution is 7.98. The molecule has 6 nitrogen and oxygen atoms in total. The van der Waals surface area contributed by atoms with Gasteiger partial charge in [0, 0.05) is 44.5 Å². The van der Waals surface area contributed by atoms with Crippen molar-refractivity contribution in [3.05, 3.63) is 71.5 Å². The molecular formula is C25H29F3N4O2S. The summed E-state index contributed by atoms with van der Waals surface area (Å²) in [5.74, 6) is 1.27. The predicted molar refractivity (Wildman–Crippen MR) is 129 cm³/mol. The van der Waals surface area contributed by atoms with Crippen LogP contribution >= 0.6 is 11.8 Å². The van der Waals surface area contributed by atoms with Crippen molar-refractivity contribution in [2.75, 3.05) is 20.3 Å². The molecule has 0 aliphatic rings. The van der Waals surface area contributed by atoms with Crippen molar-refractivity contribution >= 4 is 17.7 Å². The average Bonchev–Trinajstić information content (AvgIpc) is 3.26. The van der Waals surface area contributed by atoms with Gasteiger partial charge in [0.15, 0.2) is 5.16 Å². The van der Waals surface area contributed by atoms with Gasteiger partial charge in [-0.1, -0.05) is 42.1 Å². The lowest BCUT2D eigenvalue weighted by Gasteiger charge is -2.11. The highest BCUT2D eigenvalue weighted by Crippen LogP contribution is 2.31. The first-order chi connectivity index (χ1) is 16.9.